The summed E-state index contributed by atoms with van der Waals surface area (Å²) in [7, 11) is -3.15. The van der Waals surface area contributed by atoms with Crippen molar-refractivity contribution in [2.45, 2.75) is 31.7 Å². The van der Waals surface area contributed by atoms with Crippen LogP contribution in [0.4, 0.5) is 0 Å². The molecule has 1 rings (SSSR count). The molecule has 0 saturated carbocycles. The Morgan fingerprint density at radius 2 is 1.84 bits per heavy atom. The van der Waals surface area contributed by atoms with E-state index in [1.165, 1.54) is 6.26 Å². The first-order chi connectivity index (χ1) is 8.65. The highest BCUT2D eigenvalue weighted by atomic mass is 32.2. The van der Waals surface area contributed by atoms with E-state index in [1.807, 2.05) is 20.8 Å². The number of nitrogens with one attached hydrogen (secondary N) is 1. The van der Waals surface area contributed by atoms with Gasteiger partial charge in [0, 0.05) is 18.8 Å². The van der Waals surface area contributed by atoms with Crippen LogP contribution in [-0.2, 0) is 9.84 Å². The van der Waals surface area contributed by atoms with Crippen LogP contribution in [-0.4, -0.2) is 21.2 Å². The van der Waals surface area contributed by atoms with Gasteiger partial charge >= 0.3 is 0 Å². The van der Waals surface area contributed by atoms with Crippen LogP contribution in [0.5, 0.6) is 0 Å². The number of nitriles is 1. The Bertz CT molecular complexity index is 568. The summed E-state index contributed by atoms with van der Waals surface area (Å²) in [6.45, 7) is 6.32. The van der Waals surface area contributed by atoms with Crippen LogP contribution < -0.4 is 5.32 Å². The summed E-state index contributed by atoms with van der Waals surface area (Å²) in [6.07, 6.45) is 1.19. The second-order valence-corrected chi connectivity index (χ2v) is 7.46. The summed E-state index contributed by atoms with van der Waals surface area (Å²) in [4.78, 5) is 0.320. The molecule has 0 aromatic heterocycles. The number of nitrogens with zero attached hydrogens (tertiary/aromatic N) is 1. The molecule has 1 N–H and O–H groups in total. The minimum Gasteiger partial charge on any atom is -0.309 e. The third-order valence-electron chi connectivity index (χ3n) is 2.96. The summed E-state index contributed by atoms with van der Waals surface area (Å²) in [5.74, 6) is 0. The van der Waals surface area contributed by atoms with Crippen molar-refractivity contribution in [3.63, 3.8) is 0 Å². The first-order valence-corrected chi connectivity index (χ1v) is 7.99. The molecule has 0 aliphatic heterocycles. The minimum atomic E-state index is -3.15. The monoisotopic (exact) mass is 280 g/mol. The van der Waals surface area contributed by atoms with E-state index >= 15 is 0 Å². The number of sulfone groups is 1. The Hall–Kier alpha value is -1.38. The van der Waals surface area contributed by atoms with Crippen molar-refractivity contribution in [3.05, 3.63) is 29.8 Å². The topological polar surface area (TPSA) is 70.0 Å². The molecule has 1 aromatic rings. The molecule has 4 nitrogen and oxygen atoms in total. The van der Waals surface area contributed by atoms with Gasteiger partial charge in [-0.2, -0.15) is 5.26 Å². The maximum Gasteiger partial charge on any atom is 0.175 e. The summed E-state index contributed by atoms with van der Waals surface area (Å²) < 4.78 is 22.7. The lowest BCUT2D eigenvalue weighted by atomic mass is 9.95. The second-order valence-electron chi connectivity index (χ2n) is 5.44. The Balaban J connectivity index is 2.75. The molecule has 0 fully saturated rings. The quantitative estimate of drug-likeness (QED) is 0.898. The third-order valence-corrected chi connectivity index (χ3v) is 4.09. The molecule has 1 aromatic carbocycles. The average molecular weight is 280 g/mol. The van der Waals surface area contributed by atoms with Gasteiger partial charge in [0.2, 0.25) is 0 Å². The van der Waals surface area contributed by atoms with E-state index < -0.39 is 15.3 Å². The van der Waals surface area contributed by atoms with Gasteiger partial charge in [0.25, 0.3) is 0 Å². The Morgan fingerprint density at radius 3 is 2.26 bits per heavy atom. The first-order valence-electron chi connectivity index (χ1n) is 6.10. The zero-order chi connectivity index (χ0) is 14.7. The van der Waals surface area contributed by atoms with Gasteiger partial charge in [-0.3, -0.25) is 0 Å². The van der Waals surface area contributed by atoms with Crippen molar-refractivity contribution in [2.75, 3.05) is 12.8 Å². The second kappa shape index (κ2) is 5.72. The van der Waals surface area contributed by atoms with Crippen molar-refractivity contribution in [2.24, 2.45) is 5.41 Å². The highest BCUT2D eigenvalue weighted by molar-refractivity contribution is 7.90. The lowest BCUT2D eigenvalue weighted by molar-refractivity contribution is 0.415. The molecule has 0 saturated heterocycles. The Labute approximate surface area is 115 Å². The molecular formula is C14H20N2O2S. The van der Waals surface area contributed by atoms with Crippen molar-refractivity contribution in [1.82, 2.24) is 5.32 Å². The first kappa shape index (κ1) is 15.7. The zero-order valence-electron chi connectivity index (χ0n) is 11.8. The third kappa shape index (κ3) is 4.66. The van der Waals surface area contributed by atoms with Crippen molar-refractivity contribution in [3.8, 4) is 6.07 Å². The molecule has 104 valence electrons. The van der Waals surface area contributed by atoms with Gasteiger partial charge in [-0.15, -0.1) is 0 Å². The largest absolute Gasteiger partial charge is 0.309 e. The van der Waals surface area contributed by atoms with E-state index in [-0.39, 0.29) is 6.04 Å². The van der Waals surface area contributed by atoms with Gasteiger partial charge in [0.1, 0.15) is 0 Å². The summed E-state index contributed by atoms with van der Waals surface area (Å²) in [6, 6.07) is 9.12. The molecule has 19 heavy (non-hydrogen) atoms. The fourth-order valence-electron chi connectivity index (χ4n) is 1.57. The van der Waals surface area contributed by atoms with E-state index in [2.05, 4.69) is 11.4 Å². The van der Waals surface area contributed by atoms with Gasteiger partial charge in [-0.05, 0) is 38.5 Å². The number of hydrogen-bond donors (Lipinski definition) is 1. The van der Waals surface area contributed by atoms with Gasteiger partial charge in [-0.25, -0.2) is 8.42 Å². The molecule has 1 unspecified atom stereocenters. The molecule has 0 aliphatic rings. The lowest BCUT2D eigenvalue weighted by Crippen LogP contribution is -2.30. The summed E-state index contributed by atoms with van der Waals surface area (Å²) >= 11 is 0. The molecule has 0 bridgehead atoms. The highest BCUT2D eigenvalue weighted by Gasteiger charge is 2.18. The predicted molar refractivity (Wildman–Crippen MR) is 75.4 cm³/mol. The van der Waals surface area contributed by atoms with Crippen LogP contribution in [0.3, 0.4) is 0 Å². The molecule has 0 spiro atoms. The molecule has 0 radical (unpaired) electrons. The van der Waals surface area contributed by atoms with Crippen LogP contribution >= 0.6 is 0 Å². The minimum absolute atomic E-state index is 0.0706. The average Bonchev–Trinajstić information content (AvgIpc) is 2.35. The SMILES string of the molecule is CC(NCC(C)(C)C#N)c1ccc(S(C)(=O)=O)cc1. The smallest absolute Gasteiger partial charge is 0.175 e. The van der Waals surface area contributed by atoms with Gasteiger partial charge in [0.05, 0.1) is 16.4 Å². The van der Waals surface area contributed by atoms with Gasteiger partial charge < -0.3 is 5.32 Å². The lowest BCUT2D eigenvalue weighted by Gasteiger charge is -2.20. The van der Waals surface area contributed by atoms with E-state index in [0.29, 0.717) is 11.4 Å². The Kier molecular flexibility index (Phi) is 4.72. The maximum absolute atomic E-state index is 11.4. The normalized spacial score (nSPS) is 13.8. The molecular weight excluding hydrogens is 260 g/mol. The van der Waals surface area contributed by atoms with Crippen LogP contribution in [0.1, 0.15) is 32.4 Å². The van der Waals surface area contributed by atoms with E-state index in [1.54, 1.807) is 24.3 Å². The van der Waals surface area contributed by atoms with Gasteiger partial charge in [-0.1, -0.05) is 12.1 Å². The summed E-state index contributed by atoms with van der Waals surface area (Å²) in [5, 5.41) is 12.2. The van der Waals surface area contributed by atoms with Crippen molar-refractivity contribution < 1.29 is 8.42 Å². The van der Waals surface area contributed by atoms with Crippen molar-refractivity contribution in [1.29, 1.82) is 5.26 Å². The molecule has 1 atom stereocenters. The molecule has 5 heteroatoms. The van der Waals surface area contributed by atoms with Crippen LogP contribution in [0.2, 0.25) is 0 Å². The maximum atomic E-state index is 11.4. The fraction of sp³-hybridized carbons (Fsp3) is 0.500. The number of rotatable bonds is 5. The van der Waals surface area contributed by atoms with Crippen LogP contribution in [0.25, 0.3) is 0 Å². The zero-order valence-corrected chi connectivity index (χ0v) is 12.6. The highest BCUT2D eigenvalue weighted by Crippen LogP contribution is 2.18. The van der Waals surface area contributed by atoms with E-state index in [4.69, 9.17) is 5.26 Å². The van der Waals surface area contributed by atoms with Crippen LogP contribution in [0, 0.1) is 16.7 Å². The number of hydrogen-bond acceptors (Lipinski definition) is 4. The molecule has 0 aliphatic carbocycles. The Morgan fingerprint density at radius 1 is 1.32 bits per heavy atom. The predicted octanol–water partition coefficient (Wildman–Crippen LogP) is 2.29. The fourth-order valence-corrected chi connectivity index (χ4v) is 2.20. The molecule has 0 amide bonds. The van der Waals surface area contributed by atoms with Crippen molar-refractivity contribution >= 4 is 9.84 Å². The van der Waals surface area contributed by atoms with E-state index in [0.717, 1.165) is 5.56 Å². The molecule has 0 heterocycles. The summed E-state index contributed by atoms with van der Waals surface area (Å²) in [5.41, 5.74) is 0.585. The van der Waals surface area contributed by atoms with Gasteiger partial charge in [0.15, 0.2) is 9.84 Å². The standard InChI is InChI=1S/C14H20N2O2S/c1-11(16-10-14(2,3)9-15)12-5-7-13(8-6-12)19(4,17)18/h5-8,11,16H,10H2,1-4H3. The number of benzene rings is 1. The van der Waals surface area contributed by atoms with Crippen LogP contribution in [0.15, 0.2) is 29.2 Å². The van der Waals surface area contributed by atoms with E-state index in [9.17, 15) is 8.42 Å².